The van der Waals surface area contributed by atoms with Gasteiger partial charge in [-0.1, -0.05) is 25.8 Å². The molecule has 0 aliphatic carbocycles. The molecule has 11 heavy (non-hydrogen) atoms. The van der Waals surface area contributed by atoms with Crippen LogP contribution in [-0.4, -0.2) is 12.3 Å². The summed E-state index contributed by atoms with van der Waals surface area (Å²) in [6.45, 7) is 5.98. The maximum absolute atomic E-state index is 3.71. The minimum atomic E-state index is 1.21. The molecule has 0 saturated heterocycles. The molecule has 0 radical (unpaired) electrons. The van der Waals surface area contributed by atoms with E-state index in [1.807, 2.05) is 6.08 Å². The molecule has 66 valence electrons. The van der Waals surface area contributed by atoms with Crippen molar-refractivity contribution >= 4 is 8.58 Å². The monoisotopic (exact) mass is 172 g/mol. The number of allylic oxidation sites excluding steroid dienone is 1. The maximum atomic E-state index is 3.71. The highest BCUT2D eigenvalue weighted by Gasteiger charge is 1.87. The second-order valence-electron chi connectivity index (χ2n) is 2.89. The van der Waals surface area contributed by atoms with E-state index in [1.54, 1.807) is 0 Å². The summed E-state index contributed by atoms with van der Waals surface area (Å²) in [4.78, 5) is 0. The molecule has 1 heteroatoms. The second kappa shape index (κ2) is 10.2. The molecule has 0 saturated carbocycles. The van der Waals surface area contributed by atoms with Crippen LogP contribution in [0.2, 0.25) is 0 Å². The van der Waals surface area contributed by atoms with Crippen molar-refractivity contribution in [2.24, 2.45) is 0 Å². The molecule has 0 aromatic carbocycles. The lowest BCUT2D eigenvalue weighted by Crippen LogP contribution is -1.80. The second-order valence-corrected chi connectivity index (χ2v) is 4.39. The summed E-state index contributed by atoms with van der Waals surface area (Å²) in [5, 5.41) is 0. The van der Waals surface area contributed by atoms with Gasteiger partial charge in [-0.3, -0.25) is 0 Å². The highest BCUT2D eigenvalue weighted by molar-refractivity contribution is 7.37. The Bertz CT molecular complexity index is 78.9. The first-order valence-electron chi connectivity index (χ1n) is 4.73. The summed E-state index contributed by atoms with van der Waals surface area (Å²) in [6, 6.07) is 0. The average molecular weight is 172 g/mol. The van der Waals surface area contributed by atoms with Crippen LogP contribution in [0.3, 0.4) is 0 Å². The lowest BCUT2D eigenvalue weighted by molar-refractivity contribution is 0.734. The molecule has 0 aromatic heterocycles. The van der Waals surface area contributed by atoms with E-state index in [2.05, 4.69) is 13.5 Å². The first-order valence-corrected chi connectivity index (χ1v) is 6.14. The molecule has 0 fully saturated rings. The SMILES string of the molecule is C=CCCCCCPCCC. The molecule has 0 spiro atoms. The largest absolute Gasteiger partial charge is 0.122 e. The van der Waals surface area contributed by atoms with E-state index < -0.39 is 0 Å². The Kier molecular flexibility index (Phi) is 10.3. The van der Waals surface area contributed by atoms with Gasteiger partial charge in [0.1, 0.15) is 0 Å². The van der Waals surface area contributed by atoms with Crippen molar-refractivity contribution in [3.05, 3.63) is 12.7 Å². The number of hydrogen-bond donors (Lipinski definition) is 0. The quantitative estimate of drug-likeness (QED) is 0.296. The average Bonchev–Trinajstić information content (AvgIpc) is 2.03. The van der Waals surface area contributed by atoms with Gasteiger partial charge in [-0.05, 0) is 31.6 Å². The fraction of sp³-hybridized carbons (Fsp3) is 0.800. The normalized spacial score (nSPS) is 11.0. The van der Waals surface area contributed by atoms with Crippen molar-refractivity contribution in [3.63, 3.8) is 0 Å². The van der Waals surface area contributed by atoms with E-state index >= 15 is 0 Å². The number of rotatable bonds is 8. The topological polar surface area (TPSA) is 0 Å². The van der Waals surface area contributed by atoms with Gasteiger partial charge in [0.15, 0.2) is 0 Å². The Labute approximate surface area is 73.2 Å². The highest BCUT2D eigenvalue weighted by atomic mass is 31.1. The summed E-state index contributed by atoms with van der Waals surface area (Å²) in [7, 11) is 1.22. The van der Waals surface area contributed by atoms with E-state index in [0.29, 0.717) is 0 Å². The van der Waals surface area contributed by atoms with Crippen molar-refractivity contribution in [3.8, 4) is 0 Å². The van der Waals surface area contributed by atoms with Crippen molar-refractivity contribution in [1.29, 1.82) is 0 Å². The molecule has 0 aliphatic heterocycles. The van der Waals surface area contributed by atoms with Gasteiger partial charge < -0.3 is 0 Å². The van der Waals surface area contributed by atoms with Crippen molar-refractivity contribution in [2.75, 3.05) is 12.3 Å². The molecule has 0 rings (SSSR count). The Morgan fingerprint density at radius 2 is 2.00 bits per heavy atom. The Morgan fingerprint density at radius 3 is 2.64 bits per heavy atom. The van der Waals surface area contributed by atoms with Gasteiger partial charge in [0, 0.05) is 0 Å². The molecule has 1 atom stereocenters. The van der Waals surface area contributed by atoms with Crippen LogP contribution in [-0.2, 0) is 0 Å². The van der Waals surface area contributed by atoms with Crippen LogP contribution < -0.4 is 0 Å². The first-order chi connectivity index (χ1) is 5.41. The van der Waals surface area contributed by atoms with E-state index in [4.69, 9.17) is 0 Å². The molecule has 0 bridgehead atoms. The van der Waals surface area contributed by atoms with Gasteiger partial charge in [0.05, 0.1) is 0 Å². The van der Waals surface area contributed by atoms with Gasteiger partial charge in [0.2, 0.25) is 0 Å². The minimum Gasteiger partial charge on any atom is -0.122 e. The zero-order valence-electron chi connectivity index (χ0n) is 7.73. The Balaban J connectivity index is 2.74. The summed E-state index contributed by atoms with van der Waals surface area (Å²) in [5.74, 6) is 0. The van der Waals surface area contributed by atoms with Gasteiger partial charge in [-0.15, -0.1) is 15.2 Å². The van der Waals surface area contributed by atoms with E-state index in [-0.39, 0.29) is 0 Å². The third-order valence-corrected chi connectivity index (χ3v) is 3.25. The molecule has 0 N–H and O–H groups in total. The zero-order valence-corrected chi connectivity index (χ0v) is 8.73. The van der Waals surface area contributed by atoms with Gasteiger partial charge >= 0.3 is 0 Å². The smallest absolute Gasteiger partial charge is 0.0353 e. The lowest BCUT2D eigenvalue weighted by Gasteiger charge is -1.98. The third kappa shape index (κ3) is 10.2. The van der Waals surface area contributed by atoms with E-state index in [9.17, 15) is 0 Å². The van der Waals surface area contributed by atoms with Crippen LogP contribution in [0.4, 0.5) is 0 Å². The zero-order chi connectivity index (χ0) is 8.36. The summed E-state index contributed by atoms with van der Waals surface area (Å²) in [6.07, 6.45) is 11.7. The number of hydrogen-bond acceptors (Lipinski definition) is 0. The lowest BCUT2D eigenvalue weighted by atomic mass is 10.2. The molecule has 1 unspecified atom stereocenters. The van der Waals surface area contributed by atoms with Gasteiger partial charge in [-0.2, -0.15) is 0 Å². The Hall–Kier alpha value is 0.170. The predicted molar refractivity (Wildman–Crippen MR) is 57.0 cm³/mol. The first kappa shape index (κ1) is 11.2. The van der Waals surface area contributed by atoms with Crippen molar-refractivity contribution in [2.45, 2.75) is 39.0 Å². The fourth-order valence-corrected chi connectivity index (χ4v) is 2.12. The fourth-order valence-electron chi connectivity index (χ4n) is 1.02. The molecule has 0 amide bonds. The van der Waals surface area contributed by atoms with Crippen LogP contribution in [0.5, 0.6) is 0 Å². The van der Waals surface area contributed by atoms with Crippen LogP contribution in [0, 0.1) is 0 Å². The van der Waals surface area contributed by atoms with Crippen molar-refractivity contribution in [1.82, 2.24) is 0 Å². The van der Waals surface area contributed by atoms with Crippen molar-refractivity contribution < 1.29 is 0 Å². The van der Waals surface area contributed by atoms with Gasteiger partial charge in [0.25, 0.3) is 0 Å². The predicted octanol–water partition coefficient (Wildman–Crippen LogP) is 3.82. The van der Waals surface area contributed by atoms with Crippen LogP contribution in [0.15, 0.2) is 12.7 Å². The number of unbranched alkanes of at least 4 members (excludes halogenated alkanes) is 3. The molecule has 0 heterocycles. The van der Waals surface area contributed by atoms with Gasteiger partial charge in [-0.25, -0.2) is 0 Å². The van der Waals surface area contributed by atoms with E-state index in [0.717, 1.165) is 0 Å². The molecular formula is C10H21P. The Morgan fingerprint density at radius 1 is 1.18 bits per heavy atom. The summed E-state index contributed by atoms with van der Waals surface area (Å²) in [5.41, 5.74) is 0. The summed E-state index contributed by atoms with van der Waals surface area (Å²) < 4.78 is 0. The molecule has 0 nitrogen and oxygen atoms in total. The van der Waals surface area contributed by atoms with Crippen LogP contribution in [0.25, 0.3) is 0 Å². The third-order valence-electron chi connectivity index (χ3n) is 1.69. The molecule has 0 aliphatic rings. The molecular weight excluding hydrogens is 151 g/mol. The van der Waals surface area contributed by atoms with E-state index in [1.165, 1.54) is 53.0 Å². The minimum absolute atomic E-state index is 1.21. The van der Waals surface area contributed by atoms with Crippen LogP contribution >= 0.6 is 8.58 Å². The molecule has 0 aromatic rings. The summed E-state index contributed by atoms with van der Waals surface area (Å²) >= 11 is 0. The van der Waals surface area contributed by atoms with Crippen LogP contribution in [0.1, 0.15) is 39.0 Å². The maximum Gasteiger partial charge on any atom is -0.0353 e. The standard InChI is InChI=1S/C10H21P/c1-3-5-6-7-8-10-11-9-4-2/h3,11H,1,4-10H2,2H3. The highest BCUT2D eigenvalue weighted by Crippen LogP contribution is 2.14.